The molecule has 0 heterocycles. The number of amides is 1. The molecular formula is C22H17BrClIN2O3. The molecule has 0 spiro atoms. The number of carbonyl (C=O) groups is 1. The molecule has 0 aliphatic heterocycles. The first-order valence-electron chi connectivity index (χ1n) is 8.80. The van der Waals surface area contributed by atoms with Gasteiger partial charge < -0.3 is 9.47 Å². The molecule has 0 saturated heterocycles. The topological polar surface area (TPSA) is 59.9 Å². The maximum absolute atomic E-state index is 12.2. The van der Waals surface area contributed by atoms with Gasteiger partial charge in [0.25, 0.3) is 5.91 Å². The van der Waals surface area contributed by atoms with E-state index in [9.17, 15) is 4.79 Å². The molecule has 1 N–H and O–H groups in total. The van der Waals surface area contributed by atoms with Crippen LogP contribution in [0.15, 0.2) is 70.2 Å². The van der Waals surface area contributed by atoms with Crippen molar-refractivity contribution in [3.05, 3.63) is 90.4 Å². The Morgan fingerprint density at radius 3 is 2.67 bits per heavy atom. The first-order valence-corrected chi connectivity index (χ1v) is 11.0. The lowest BCUT2D eigenvalue weighted by molar-refractivity contribution is 0.0955. The third-order valence-electron chi connectivity index (χ3n) is 4.01. The Hall–Kier alpha value is -2.10. The minimum Gasteiger partial charge on any atom is -0.493 e. The first kappa shape index (κ1) is 22.6. The Morgan fingerprint density at radius 1 is 1.20 bits per heavy atom. The number of nitrogens with one attached hydrogen (secondary N) is 1. The number of nitrogens with zero attached hydrogens (tertiary/aromatic N) is 1. The van der Waals surface area contributed by atoms with Crippen LogP contribution in [0.25, 0.3) is 0 Å². The Kier molecular flexibility index (Phi) is 8.12. The van der Waals surface area contributed by atoms with Crippen LogP contribution < -0.4 is 14.9 Å². The van der Waals surface area contributed by atoms with Gasteiger partial charge in [0.1, 0.15) is 6.61 Å². The number of methoxy groups -OCH3 is 1. The van der Waals surface area contributed by atoms with Crippen molar-refractivity contribution in [1.82, 2.24) is 5.43 Å². The monoisotopic (exact) mass is 598 g/mol. The van der Waals surface area contributed by atoms with Crippen LogP contribution in [-0.4, -0.2) is 19.2 Å². The van der Waals surface area contributed by atoms with Crippen LogP contribution >= 0.6 is 50.1 Å². The SMILES string of the molecule is COc1cc(/C=N\NC(=O)c2cccc(I)c2)cc(Br)c1OCc1ccc(Cl)cc1. The van der Waals surface area contributed by atoms with E-state index in [2.05, 4.69) is 49.0 Å². The molecule has 0 unspecified atom stereocenters. The van der Waals surface area contributed by atoms with Crippen LogP contribution in [0.2, 0.25) is 5.02 Å². The molecule has 154 valence electrons. The molecule has 8 heteroatoms. The van der Waals surface area contributed by atoms with Crippen molar-refractivity contribution in [2.45, 2.75) is 6.61 Å². The number of ether oxygens (including phenoxy) is 2. The number of carbonyl (C=O) groups excluding carboxylic acids is 1. The number of rotatable bonds is 7. The molecule has 1 amide bonds. The second kappa shape index (κ2) is 10.8. The van der Waals surface area contributed by atoms with E-state index >= 15 is 0 Å². The van der Waals surface area contributed by atoms with E-state index in [1.54, 1.807) is 31.5 Å². The van der Waals surface area contributed by atoms with E-state index in [1.165, 1.54) is 0 Å². The highest BCUT2D eigenvalue weighted by atomic mass is 127. The summed E-state index contributed by atoms with van der Waals surface area (Å²) in [6, 6.07) is 18.3. The van der Waals surface area contributed by atoms with Gasteiger partial charge in [-0.15, -0.1) is 0 Å². The Labute approximate surface area is 201 Å². The molecule has 0 aromatic heterocycles. The lowest BCUT2D eigenvalue weighted by atomic mass is 10.2. The van der Waals surface area contributed by atoms with E-state index in [0.29, 0.717) is 33.2 Å². The average Bonchev–Trinajstić information content (AvgIpc) is 2.73. The van der Waals surface area contributed by atoms with Crippen molar-refractivity contribution in [1.29, 1.82) is 0 Å². The molecule has 0 bridgehead atoms. The summed E-state index contributed by atoms with van der Waals surface area (Å²) in [5.74, 6) is 0.843. The van der Waals surface area contributed by atoms with Crippen LogP contribution in [0.4, 0.5) is 0 Å². The molecule has 0 aliphatic carbocycles. The maximum Gasteiger partial charge on any atom is 0.271 e. The quantitative estimate of drug-likeness (QED) is 0.204. The fourth-order valence-corrected chi connectivity index (χ4v) is 3.79. The summed E-state index contributed by atoms with van der Waals surface area (Å²) in [5.41, 5.74) is 4.79. The van der Waals surface area contributed by atoms with E-state index in [-0.39, 0.29) is 5.91 Å². The van der Waals surface area contributed by atoms with Crippen LogP contribution in [0, 0.1) is 3.57 Å². The summed E-state index contributed by atoms with van der Waals surface area (Å²) in [5, 5.41) is 4.72. The summed E-state index contributed by atoms with van der Waals surface area (Å²) < 4.78 is 13.1. The molecule has 0 aliphatic rings. The lowest BCUT2D eigenvalue weighted by Gasteiger charge is -2.13. The zero-order valence-corrected chi connectivity index (χ0v) is 20.4. The number of hydrogen-bond acceptors (Lipinski definition) is 4. The molecule has 3 aromatic rings. The summed E-state index contributed by atoms with van der Waals surface area (Å²) in [4.78, 5) is 12.2. The van der Waals surface area contributed by atoms with Gasteiger partial charge in [0.2, 0.25) is 0 Å². The van der Waals surface area contributed by atoms with Crippen molar-refractivity contribution < 1.29 is 14.3 Å². The van der Waals surface area contributed by atoms with Crippen molar-refractivity contribution >= 4 is 62.2 Å². The summed E-state index contributed by atoms with van der Waals surface area (Å²) in [7, 11) is 1.57. The summed E-state index contributed by atoms with van der Waals surface area (Å²) >= 11 is 11.6. The van der Waals surface area contributed by atoms with Gasteiger partial charge in [-0.25, -0.2) is 5.43 Å². The van der Waals surface area contributed by atoms with Gasteiger partial charge in [-0.05, 0) is 92.1 Å². The van der Waals surface area contributed by atoms with Gasteiger partial charge in [0, 0.05) is 14.2 Å². The van der Waals surface area contributed by atoms with Gasteiger partial charge in [0.15, 0.2) is 11.5 Å². The van der Waals surface area contributed by atoms with Crippen molar-refractivity contribution in [2.75, 3.05) is 7.11 Å². The van der Waals surface area contributed by atoms with Gasteiger partial charge in [0.05, 0.1) is 17.8 Å². The number of halogens is 3. The van der Waals surface area contributed by atoms with E-state index < -0.39 is 0 Å². The van der Waals surface area contributed by atoms with E-state index in [0.717, 1.165) is 14.7 Å². The van der Waals surface area contributed by atoms with Crippen LogP contribution in [0.5, 0.6) is 11.5 Å². The third kappa shape index (κ3) is 6.20. The molecule has 0 fully saturated rings. The Balaban J connectivity index is 1.69. The highest BCUT2D eigenvalue weighted by Crippen LogP contribution is 2.36. The second-order valence-electron chi connectivity index (χ2n) is 6.16. The average molecular weight is 600 g/mol. The first-order chi connectivity index (χ1) is 14.5. The molecule has 3 aromatic carbocycles. The van der Waals surface area contributed by atoms with Gasteiger partial charge >= 0.3 is 0 Å². The maximum atomic E-state index is 12.2. The fourth-order valence-electron chi connectivity index (χ4n) is 2.55. The molecule has 3 rings (SSSR count). The number of hydrazone groups is 1. The molecule has 5 nitrogen and oxygen atoms in total. The fraction of sp³-hybridized carbons (Fsp3) is 0.0909. The summed E-state index contributed by atoms with van der Waals surface area (Å²) in [6.07, 6.45) is 1.54. The van der Waals surface area contributed by atoms with Crippen LogP contribution in [0.3, 0.4) is 0 Å². The number of hydrogen-bond donors (Lipinski definition) is 1. The highest BCUT2D eigenvalue weighted by molar-refractivity contribution is 14.1. The summed E-state index contributed by atoms with van der Waals surface area (Å²) in [6.45, 7) is 0.367. The highest BCUT2D eigenvalue weighted by Gasteiger charge is 2.12. The minimum atomic E-state index is -0.279. The zero-order valence-electron chi connectivity index (χ0n) is 15.9. The van der Waals surface area contributed by atoms with Crippen LogP contribution in [0.1, 0.15) is 21.5 Å². The van der Waals surface area contributed by atoms with E-state index in [1.807, 2.05) is 42.5 Å². The van der Waals surface area contributed by atoms with Gasteiger partial charge in [-0.2, -0.15) is 5.10 Å². The third-order valence-corrected chi connectivity index (χ3v) is 5.53. The minimum absolute atomic E-state index is 0.279. The number of benzene rings is 3. The van der Waals surface area contributed by atoms with Crippen molar-refractivity contribution in [3.63, 3.8) is 0 Å². The predicted octanol–water partition coefficient (Wildman–Crippen LogP) is 6.06. The smallest absolute Gasteiger partial charge is 0.271 e. The second-order valence-corrected chi connectivity index (χ2v) is 8.70. The molecular weight excluding hydrogens is 583 g/mol. The molecule has 30 heavy (non-hydrogen) atoms. The molecule has 0 saturated carbocycles. The van der Waals surface area contributed by atoms with Crippen molar-refractivity contribution in [2.24, 2.45) is 5.10 Å². The zero-order chi connectivity index (χ0) is 21.5. The predicted molar refractivity (Wildman–Crippen MR) is 131 cm³/mol. The molecule has 0 atom stereocenters. The molecule has 0 radical (unpaired) electrons. The van der Waals surface area contributed by atoms with E-state index in [4.69, 9.17) is 21.1 Å². The normalized spacial score (nSPS) is 10.8. The van der Waals surface area contributed by atoms with Crippen LogP contribution in [-0.2, 0) is 6.61 Å². The standard InChI is InChI=1S/C22H17BrClIN2O3/c1-29-20-10-15(12-26-27-22(28)16-3-2-4-18(25)11-16)9-19(23)21(20)30-13-14-5-7-17(24)8-6-14/h2-12H,13H2,1H3,(H,27,28)/b26-12-. The van der Waals surface area contributed by atoms with Crippen molar-refractivity contribution in [3.8, 4) is 11.5 Å². The Morgan fingerprint density at radius 2 is 1.97 bits per heavy atom. The van der Waals surface area contributed by atoms with Gasteiger partial charge in [-0.1, -0.05) is 29.8 Å². The van der Waals surface area contributed by atoms with Gasteiger partial charge in [-0.3, -0.25) is 4.79 Å². The lowest BCUT2D eigenvalue weighted by Crippen LogP contribution is -2.17. The Bertz CT molecular complexity index is 1070. The largest absolute Gasteiger partial charge is 0.493 e.